The fourth-order valence-electron chi connectivity index (χ4n) is 4.38. The van der Waals surface area contributed by atoms with E-state index in [1.54, 1.807) is 0 Å². The third-order valence-electron chi connectivity index (χ3n) is 5.90. The summed E-state index contributed by atoms with van der Waals surface area (Å²) in [5.74, 6) is 4.06. The van der Waals surface area contributed by atoms with E-state index in [1.165, 1.54) is 64.2 Å². The minimum atomic E-state index is 0.878. The quantitative estimate of drug-likeness (QED) is 0.381. The first-order chi connectivity index (χ1) is 9.83. The Balaban J connectivity index is 1.66. The molecule has 2 rings (SSSR count). The SMILES string of the molecule is C=CCCC=CC1CCC(C2CCC(CC)CC2)CC1. The highest BCUT2D eigenvalue weighted by Crippen LogP contribution is 2.42. The Morgan fingerprint density at radius 2 is 1.45 bits per heavy atom. The molecular weight excluding hydrogens is 240 g/mol. The van der Waals surface area contributed by atoms with Gasteiger partial charge in [0, 0.05) is 0 Å². The van der Waals surface area contributed by atoms with Crippen LogP contribution < -0.4 is 0 Å². The minimum absolute atomic E-state index is 0.878. The standard InChI is InChI=1S/C20H34/c1-3-5-6-7-8-18-11-15-20(16-12-18)19-13-9-17(4-2)10-14-19/h3,7-8,17-20H,1,4-6,9-16H2,2H3. The van der Waals surface area contributed by atoms with Gasteiger partial charge in [0.15, 0.2) is 0 Å². The number of hydrogen-bond donors (Lipinski definition) is 0. The first-order valence-electron chi connectivity index (χ1n) is 9.11. The average molecular weight is 274 g/mol. The molecule has 0 heteroatoms. The van der Waals surface area contributed by atoms with E-state index >= 15 is 0 Å². The van der Waals surface area contributed by atoms with Gasteiger partial charge < -0.3 is 0 Å². The highest BCUT2D eigenvalue weighted by molar-refractivity contribution is 4.93. The van der Waals surface area contributed by atoms with Gasteiger partial charge in [-0.1, -0.05) is 44.4 Å². The van der Waals surface area contributed by atoms with Crippen molar-refractivity contribution < 1.29 is 0 Å². The molecule has 0 aromatic heterocycles. The Morgan fingerprint density at radius 3 is 2.00 bits per heavy atom. The van der Waals surface area contributed by atoms with Crippen LogP contribution >= 0.6 is 0 Å². The van der Waals surface area contributed by atoms with Crippen LogP contribution in [0.4, 0.5) is 0 Å². The third kappa shape index (κ3) is 4.79. The molecule has 0 saturated heterocycles. The number of allylic oxidation sites excluding steroid dienone is 3. The molecule has 0 aromatic rings. The topological polar surface area (TPSA) is 0 Å². The molecule has 2 saturated carbocycles. The maximum absolute atomic E-state index is 3.78. The van der Waals surface area contributed by atoms with Crippen LogP contribution in [0.2, 0.25) is 0 Å². The van der Waals surface area contributed by atoms with E-state index in [0.717, 1.165) is 30.1 Å². The Kier molecular flexibility index (Phi) is 6.90. The molecule has 0 amide bonds. The van der Waals surface area contributed by atoms with Gasteiger partial charge in [-0.3, -0.25) is 0 Å². The summed E-state index contributed by atoms with van der Waals surface area (Å²) in [4.78, 5) is 0. The van der Waals surface area contributed by atoms with E-state index < -0.39 is 0 Å². The van der Waals surface area contributed by atoms with Crippen molar-refractivity contribution in [1.82, 2.24) is 0 Å². The second-order valence-corrected chi connectivity index (χ2v) is 7.16. The minimum Gasteiger partial charge on any atom is -0.103 e. The van der Waals surface area contributed by atoms with Gasteiger partial charge in [0.05, 0.1) is 0 Å². The average Bonchev–Trinajstić information content (AvgIpc) is 2.52. The normalized spacial score (nSPS) is 35.2. The lowest BCUT2D eigenvalue weighted by molar-refractivity contribution is 0.154. The number of rotatable bonds is 6. The van der Waals surface area contributed by atoms with E-state index in [9.17, 15) is 0 Å². The van der Waals surface area contributed by atoms with Gasteiger partial charge in [-0.15, -0.1) is 6.58 Å². The molecule has 2 aliphatic carbocycles. The third-order valence-corrected chi connectivity index (χ3v) is 5.90. The number of unbranched alkanes of at least 4 members (excludes halogenated alkanes) is 1. The molecule has 0 aliphatic heterocycles. The van der Waals surface area contributed by atoms with Crippen LogP contribution in [0.5, 0.6) is 0 Å². The van der Waals surface area contributed by atoms with Crippen molar-refractivity contribution in [3.8, 4) is 0 Å². The summed E-state index contributed by atoms with van der Waals surface area (Å²) in [5, 5.41) is 0. The van der Waals surface area contributed by atoms with Crippen molar-refractivity contribution in [2.45, 2.75) is 77.6 Å². The molecule has 0 spiro atoms. The predicted molar refractivity (Wildman–Crippen MR) is 89.8 cm³/mol. The zero-order valence-corrected chi connectivity index (χ0v) is 13.5. The van der Waals surface area contributed by atoms with Crippen LogP contribution in [-0.4, -0.2) is 0 Å². The Bertz CT molecular complexity index is 285. The maximum atomic E-state index is 3.78. The van der Waals surface area contributed by atoms with Crippen LogP contribution in [0, 0.1) is 23.7 Å². The van der Waals surface area contributed by atoms with Crippen molar-refractivity contribution in [2.24, 2.45) is 23.7 Å². The predicted octanol–water partition coefficient (Wildman–Crippen LogP) is 6.53. The summed E-state index contributed by atoms with van der Waals surface area (Å²) >= 11 is 0. The summed E-state index contributed by atoms with van der Waals surface area (Å²) in [6.07, 6.45) is 22.6. The Morgan fingerprint density at radius 1 is 0.850 bits per heavy atom. The summed E-state index contributed by atoms with van der Waals surface area (Å²) in [6.45, 7) is 6.15. The molecule has 0 bridgehead atoms. The number of hydrogen-bond acceptors (Lipinski definition) is 0. The van der Waals surface area contributed by atoms with E-state index in [2.05, 4.69) is 25.7 Å². The first-order valence-corrected chi connectivity index (χ1v) is 9.11. The molecule has 0 N–H and O–H groups in total. The molecule has 0 nitrogen and oxygen atoms in total. The van der Waals surface area contributed by atoms with E-state index in [0.29, 0.717) is 0 Å². The van der Waals surface area contributed by atoms with Gasteiger partial charge in [0.2, 0.25) is 0 Å². The zero-order chi connectivity index (χ0) is 14.2. The maximum Gasteiger partial charge on any atom is -0.0233 e. The molecule has 0 aromatic carbocycles. The highest BCUT2D eigenvalue weighted by Gasteiger charge is 2.29. The molecule has 0 atom stereocenters. The Labute approximate surface area is 126 Å². The van der Waals surface area contributed by atoms with Crippen LogP contribution in [0.25, 0.3) is 0 Å². The molecule has 2 aliphatic rings. The monoisotopic (exact) mass is 274 g/mol. The fraction of sp³-hybridized carbons (Fsp3) is 0.800. The summed E-state index contributed by atoms with van der Waals surface area (Å²) < 4.78 is 0. The Hall–Kier alpha value is -0.520. The van der Waals surface area contributed by atoms with E-state index in [4.69, 9.17) is 0 Å². The first kappa shape index (κ1) is 15.9. The van der Waals surface area contributed by atoms with Gasteiger partial charge in [-0.05, 0) is 75.0 Å². The molecular formula is C20H34. The second-order valence-electron chi connectivity index (χ2n) is 7.16. The molecule has 0 unspecified atom stereocenters. The molecule has 2 fully saturated rings. The lowest BCUT2D eigenvalue weighted by Gasteiger charge is -2.37. The van der Waals surface area contributed by atoms with Crippen molar-refractivity contribution in [3.05, 3.63) is 24.8 Å². The van der Waals surface area contributed by atoms with Crippen LogP contribution in [-0.2, 0) is 0 Å². The van der Waals surface area contributed by atoms with Crippen LogP contribution in [0.15, 0.2) is 24.8 Å². The smallest absolute Gasteiger partial charge is 0.0233 e. The van der Waals surface area contributed by atoms with Crippen LogP contribution in [0.3, 0.4) is 0 Å². The van der Waals surface area contributed by atoms with Crippen molar-refractivity contribution in [1.29, 1.82) is 0 Å². The summed E-state index contributed by atoms with van der Waals surface area (Å²) in [6, 6.07) is 0. The molecule has 0 radical (unpaired) electrons. The fourth-order valence-corrected chi connectivity index (χ4v) is 4.38. The van der Waals surface area contributed by atoms with Gasteiger partial charge in [0.1, 0.15) is 0 Å². The van der Waals surface area contributed by atoms with Gasteiger partial charge in [0.25, 0.3) is 0 Å². The van der Waals surface area contributed by atoms with Crippen molar-refractivity contribution >= 4 is 0 Å². The lowest BCUT2D eigenvalue weighted by atomic mass is 9.69. The highest BCUT2D eigenvalue weighted by atomic mass is 14.3. The molecule has 114 valence electrons. The van der Waals surface area contributed by atoms with E-state index in [-0.39, 0.29) is 0 Å². The van der Waals surface area contributed by atoms with Crippen molar-refractivity contribution in [3.63, 3.8) is 0 Å². The van der Waals surface area contributed by atoms with Gasteiger partial charge in [-0.2, -0.15) is 0 Å². The van der Waals surface area contributed by atoms with Gasteiger partial charge >= 0.3 is 0 Å². The van der Waals surface area contributed by atoms with Crippen molar-refractivity contribution in [2.75, 3.05) is 0 Å². The van der Waals surface area contributed by atoms with Gasteiger partial charge in [-0.25, -0.2) is 0 Å². The zero-order valence-electron chi connectivity index (χ0n) is 13.5. The van der Waals surface area contributed by atoms with E-state index in [1.807, 2.05) is 6.08 Å². The van der Waals surface area contributed by atoms with Crippen LogP contribution in [0.1, 0.15) is 77.6 Å². The second kappa shape index (κ2) is 8.70. The largest absolute Gasteiger partial charge is 0.103 e. The summed E-state index contributed by atoms with van der Waals surface area (Å²) in [7, 11) is 0. The molecule has 20 heavy (non-hydrogen) atoms. The lowest BCUT2D eigenvalue weighted by Crippen LogP contribution is -2.25. The molecule has 0 heterocycles. The summed E-state index contributed by atoms with van der Waals surface area (Å²) in [5.41, 5.74) is 0.